The SMILES string of the molecule is COc1ccc(C(C)(c2ccc(OCC3CO3)cc2)C(C)C)cc1. The fourth-order valence-electron chi connectivity index (χ4n) is 3.02. The van der Waals surface area contributed by atoms with Crippen molar-refractivity contribution < 1.29 is 14.2 Å². The molecule has 0 aromatic heterocycles. The van der Waals surface area contributed by atoms with Crippen LogP contribution < -0.4 is 9.47 Å². The van der Waals surface area contributed by atoms with Crippen LogP contribution in [-0.4, -0.2) is 26.4 Å². The summed E-state index contributed by atoms with van der Waals surface area (Å²) >= 11 is 0. The van der Waals surface area contributed by atoms with Crippen LogP contribution in [0.4, 0.5) is 0 Å². The molecule has 0 saturated carbocycles. The van der Waals surface area contributed by atoms with E-state index in [-0.39, 0.29) is 11.5 Å². The Bertz CT molecular complexity index is 656. The quantitative estimate of drug-likeness (QED) is 0.705. The second-order valence-electron chi connectivity index (χ2n) is 6.88. The van der Waals surface area contributed by atoms with Crippen LogP contribution in [0.15, 0.2) is 48.5 Å². The van der Waals surface area contributed by atoms with Gasteiger partial charge in [0, 0.05) is 5.41 Å². The first-order valence-electron chi connectivity index (χ1n) is 8.53. The van der Waals surface area contributed by atoms with Crippen molar-refractivity contribution in [3.63, 3.8) is 0 Å². The highest BCUT2D eigenvalue weighted by molar-refractivity contribution is 5.43. The van der Waals surface area contributed by atoms with Crippen molar-refractivity contribution in [1.29, 1.82) is 0 Å². The fraction of sp³-hybridized carbons (Fsp3) is 0.429. The molecule has 24 heavy (non-hydrogen) atoms. The number of rotatable bonds is 7. The number of hydrogen-bond donors (Lipinski definition) is 0. The summed E-state index contributed by atoms with van der Waals surface area (Å²) in [6.45, 7) is 8.28. The summed E-state index contributed by atoms with van der Waals surface area (Å²) in [4.78, 5) is 0. The molecule has 3 rings (SSSR count). The molecule has 1 heterocycles. The van der Waals surface area contributed by atoms with E-state index < -0.39 is 0 Å². The minimum Gasteiger partial charge on any atom is -0.497 e. The number of methoxy groups -OCH3 is 1. The van der Waals surface area contributed by atoms with Crippen molar-refractivity contribution >= 4 is 0 Å². The first-order chi connectivity index (χ1) is 11.5. The molecule has 3 heteroatoms. The molecular formula is C21H26O3. The fourth-order valence-corrected chi connectivity index (χ4v) is 3.02. The summed E-state index contributed by atoms with van der Waals surface area (Å²) in [5.41, 5.74) is 2.51. The maximum atomic E-state index is 5.75. The van der Waals surface area contributed by atoms with Gasteiger partial charge in [-0.1, -0.05) is 45.0 Å². The summed E-state index contributed by atoms with van der Waals surface area (Å²) in [5.74, 6) is 2.24. The van der Waals surface area contributed by atoms with Crippen LogP contribution in [0.1, 0.15) is 31.9 Å². The molecule has 1 aliphatic heterocycles. The van der Waals surface area contributed by atoms with Gasteiger partial charge >= 0.3 is 0 Å². The molecule has 0 radical (unpaired) electrons. The molecule has 1 aliphatic rings. The third kappa shape index (κ3) is 3.41. The minimum absolute atomic E-state index is 0.0651. The molecular weight excluding hydrogens is 300 g/mol. The van der Waals surface area contributed by atoms with Crippen LogP contribution >= 0.6 is 0 Å². The van der Waals surface area contributed by atoms with Gasteiger partial charge in [-0.3, -0.25) is 0 Å². The van der Waals surface area contributed by atoms with Gasteiger partial charge in [-0.2, -0.15) is 0 Å². The Morgan fingerprint density at radius 1 is 1.00 bits per heavy atom. The van der Waals surface area contributed by atoms with Gasteiger partial charge in [0.2, 0.25) is 0 Å². The van der Waals surface area contributed by atoms with Gasteiger partial charge in [-0.15, -0.1) is 0 Å². The molecule has 0 aliphatic carbocycles. The molecule has 1 fully saturated rings. The van der Waals surface area contributed by atoms with E-state index in [1.165, 1.54) is 11.1 Å². The molecule has 2 unspecified atom stereocenters. The van der Waals surface area contributed by atoms with Crippen LogP contribution in [0, 0.1) is 5.92 Å². The highest BCUT2D eigenvalue weighted by Gasteiger charge is 2.32. The number of ether oxygens (including phenoxy) is 3. The topological polar surface area (TPSA) is 31.0 Å². The van der Waals surface area contributed by atoms with E-state index in [0.29, 0.717) is 12.5 Å². The van der Waals surface area contributed by atoms with Gasteiger partial charge in [-0.05, 0) is 41.3 Å². The van der Waals surface area contributed by atoms with Crippen LogP contribution in [0.5, 0.6) is 11.5 Å². The van der Waals surface area contributed by atoms with E-state index in [1.807, 2.05) is 12.1 Å². The lowest BCUT2D eigenvalue weighted by Gasteiger charge is -2.35. The predicted octanol–water partition coefficient (Wildman–Crippen LogP) is 4.43. The van der Waals surface area contributed by atoms with Crippen molar-refractivity contribution in [2.24, 2.45) is 5.92 Å². The van der Waals surface area contributed by atoms with Crippen molar-refractivity contribution in [2.45, 2.75) is 32.3 Å². The van der Waals surface area contributed by atoms with Gasteiger partial charge in [-0.25, -0.2) is 0 Å². The Labute approximate surface area is 144 Å². The van der Waals surface area contributed by atoms with Gasteiger partial charge in [0.15, 0.2) is 0 Å². The molecule has 3 nitrogen and oxygen atoms in total. The van der Waals surface area contributed by atoms with E-state index >= 15 is 0 Å². The molecule has 2 atom stereocenters. The number of benzene rings is 2. The standard InChI is InChI=1S/C21H26O3/c1-15(2)21(3,16-5-9-18(22-4)10-6-16)17-7-11-19(12-8-17)23-13-20-14-24-20/h5-12,15,20H,13-14H2,1-4H3. The first-order valence-corrected chi connectivity index (χ1v) is 8.53. The minimum atomic E-state index is -0.0651. The lowest BCUT2D eigenvalue weighted by Crippen LogP contribution is -2.30. The Hall–Kier alpha value is -2.00. The first kappa shape index (κ1) is 16.8. The van der Waals surface area contributed by atoms with Crippen LogP contribution in [-0.2, 0) is 10.2 Å². The number of epoxide rings is 1. The average molecular weight is 326 g/mol. The van der Waals surface area contributed by atoms with Crippen LogP contribution in [0.2, 0.25) is 0 Å². The highest BCUT2D eigenvalue weighted by Crippen LogP contribution is 2.40. The van der Waals surface area contributed by atoms with Crippen LogP contribution in [0.25, 0.3) is 0 Å². The molecule has 1 saturated heterocycles. The second-order valence-corrected chi connectivity index (χ2v) is 6.88. The number of hydrogen-bond acceptors (Lipinski definition) is 3. The van der Waals surface area contributed by atoms with Gasteiger partial charge in [0.25, 0.3) is 0 Å². The third-order valence-electron chi connectivity index (χ3n) is 5.14. The second kappa shape index (κ2) is 6.86. The van der Waals surface area contributed by atoms with E-state index in [0.717, 1.165) is 18.1 Å². The van der Waals surface area contributed by atoms with Crippen molar-refractivity contribution in [3.05, 3.63) is 59.7 Å². The summed E-state index contributed by atoms with van der Waals surface area (Å²) in [6, 6.07) is 16.8. The normalized spacial score (nSPS) is 19.0. The maximum Gasteiger partial charge on any atom is 0.119 e. The predicted molar refractivity (Wildman–Crippen MR) is 96.0 cm³/mol. The molecule has 128 valence electrons. The van der Waals surface area contributed by atoms with Crippen molar-refractivity contribution in [1.82, 2.24) is 0 Å². The highest BCUT2D eigenvalue weighted by atomic mass is 16.6. The van der Waals surface area contributed by atoms with E-state index in [1.54, 1.807) is 7.11 Å². The van der Waals surface area contributed by atoms with Crippen molar-refractivity contribution in [3.8, 4) is 11.5 Å². The lowest BCUT2D eigenvalue weighted by molar-refractivity contribution is 0.263. The van der Waals surface area contributed by atoms with Crippen molar-refractivity contribution in [2.75, 3.05) is 20.3 Å². The van der Waals surface area contributed by atoms with E-state index in [2.05, 4.69) is 57.2 Å². The molecule has 2 aromatic rings. The zero-order valence-electron chi connectivity index (χ0n) is 14.9. The van der Waals surface area contributed by atoms with E-state index in [4.69, 9.17) is 14.2 Å². The summed E-state index contributed by atoms with van der Waals surface area (Å²) in [5, 5.41) is 0. The average Bonchev–Trinajstić information content (AvgIpc) is 3.44. The van der Waals surface area contributed by atoms with E-state index in [9.17, 15) is 0 Å². The van der Waals surface area contributed by atoms with Gasteiger partial charge < -0.3 is 14.2 Å². The summed E-state index contributed by atoms with van der Waals surface area (Å²) < 4.78 is 16.2. The summed E-state index contributed by atoms with van der Waals surface area (Å²) in [7, 11) is 1.70. The smallest absolute Gasteiger partial charge is 0.119 e. The largest absolute Gasteiger partial charge is 0.497 e. The zero-order chi connectivity index (χ0) is 17.2. The monoisotopic (exact) mass is 326 g/mol. The summed E-state index contributed by atoms with van der Waals surface area (Å²) in [6.07, 6.45) is 0.282. The van der Waals surface area contributed by atoms with Gasteiger partial charge in [0.1, 0.15) is 24.2 Å². The zero-order valence-corrected chi connectivity index (χ0v) is 14.9. The molecule has 0 spiro atoms. The maximum absolute atomic E-state index is 5.75. The Morgan fingerprint density at radius 2 is 1.50 bits per heavy atom. The van der Waals surface area contributed by atoms with Crippen LogP contribution in [0.3, 0.4) is 0 Å². The molecule has 0 amide bonds. The molecule has 0 N–H and O–H groups in total. The molecule has 2 aromatic carbocycles. The Kier molecular flexibility index (Phi) is 4.81. The Balaban J connectivity index is 1.85. The lowest BCUT2D eigenvalue weighted by atomic mass is 9.68. The van der Waals surface area contributed by atoms with Gasteiger partial charge in [0.05, 0.1) is 13.7 Å². The molecule has 0 bridgehead atoms. The Morgan fingerprint density at radius 3 is 1.92 bits per heavy atom. The third-order valence-corrected chi connectivity index (χ3v) is 5.14.